The summed E-state index contributed by atoms with van der Waals surface area (Å²) in [6.45, 7) is 7.45. The maximum absolute atomic E-state index is 13.0. The molecule has 0 radical (unpaired) electrons. The zero-order valence-corrected chi connectivity index (χ0v) is 23.7. The molecule has 0 saturated carbocycles. The van der Waals surface area contributed by atoms with Crippen molar-refractivity contribution >= 4 is 21.4 Å². The Morgan fingerprint density at radius 3 is 2.31 bits per heavy atom. The molecule has 3 aromatic rings. The molecule has 39 heavy (non-hydrogen) atoms. The van der Waals surface area contributed by atoms with Crippen LogP contribution in [0.25, 0.3) is 0 Å². The molecule has 2 saturated heterocycles. The minimum absolute atomic E-state index is 0.0403. The minimum Gasteiger partial charge on any atom is -0.398 e. The fourth-order valence-corrected chi connectivity index (χ4v) is 7.21. The Labute approximate surface area is 232 Å². The highest BCUT2D eigenvalue weighted by atomic mass is 32.2. The fraction of sp³-hybridized carbons (Fsp3) is 0.419. The Kier molecular flexibility index (Phi) is 8.05. The number of aromatic nitrogens is 1. The fourth-order valence-electron chi connectivity index (χ4n) is 5.90. The van der Waals surface area contributed by atoms with E-state index < -0.39 is 9.84 Å². The number of carbonyl (C=O) groups is 1. The first-order chi connectivity index (χ1) is 18.7. The van der Waals surface area contributed by atoms with Gasteiger partial charge in [-0.3, -0.25) is 9.78 Å². The maximum atomic E-state index is 13.0. The third-order valence-electron chi connectivity index (χ3n) is 8.38. The van der Waals surface area contributed by atoms with Crippen LogP contribution in [0, 0.1) is 19.8 Å². The van der Waals surface area contributed by atoms with Crippen molar-refractivity contribution in [2.45, 2.75) is 61.8 Å². The summed E-state index contributed by atoms with van der Waals surface area (Å²) in [6.07, 6.45) is 6.54. The molecule has 2 aliphatic heterocycles. The molecule has 2 fully saturated rings. The summed E-state index contributed by atoms with van der Waals surface area (Å²) < 4.78 is 25.9. The standard InChI is InChI=1S/C31H38N4O3S/c1-22-5-3-7-27(19-22)39(37,38)28-10-9-25(33-21-28)20-24-11-15-34(16-12-24)26-13-17-35(18-14-26)31(36)29-8-4-6-23(2)30(29)32/h3-10,19,21,24,26H,11-18,20,32H2,1-2H3. The van der Waals surface area contributed by atoms with Crippen molar-refractivity contribution in [3.63, 3.8) is 0 Å². The van der Waals surface area contributed by atoms with E-state index in [1.165, 1.54) is 6.20 Å². The molecule has 7 nitrogen and oxygen atoms in total. The van der Waals surface area contributed by atoms with Gasteiger partial charge in [-0.2, -0.15) is 0 Å². The van der Waals surface area contributed by atoms with Crippen LogP contribution in [0.5, 0.6) is 0 Å². The van der Waals surface area contributed by atoms with Crippen molar-refractivity contribution in [2.75, 3.05) is 31.9 Å². The first-order valence-electron chi connectivity index (χ1n) is 13.9. The SMILES string of the molecule is Cc1cccc(S(=O)(=O)c2ccc(CC3CCN(C4CCN(C(=O)c5cccc(C)c5N)CC4)CC3)nc2)c1. The molecule has 8 heteroatoms. The molecule has 2 aliphatic rings. The number of amides is 1. The third-order valence-corrected chi connectivity index (χ3v) is 10.1. The molecule has 0 spiro atoms. The van der Waals surface area contributed by atoms with Crippen molar-refractivity contribution in [2.24, 2.45) is 5.92 Å². The van der Waals surface area contributed by atoms with Gasteiger partial charge in [-0.1, -0.05) is 24.3 Å². The monoisotopic (exact) mass is 546 g/mol. The van der Waals surface area contributed by atoms with Gasteiger partial charge in [0.2, 0.25) is 9.84 Å². The number of hydrogen-bond donors (Lipinski definition) is 1. The number of aryl methyl sites for hydroxylation is 2. The number of carbonyl (C=O) groups excluding carboxylic acids is 1. The van der Waals surface area contributed by atoms with Crippen LogP contribution in [0.1, 0.15) is 52.9 Å². The van der Waals surface area contributed by atoms with Crippen LogP contribution in [-0.2, 0) is 16.3 Å². The van der Waals surface area contributed by atoms with Crippen molar-refractivity contribution in [1.29, 1.82) is 0 Å². The molecule has 1 aromatic heterocycles. The minimum atomic E-state index is -3.56. The van der Waals surface area contributed by atoms with Gasteiger partial charge in [0, 0.05) is 36.7 Å². The predicted molar refractivity (Wildman–Crippen MR) is 153 cm³/mol. The van der Waals surface area contributed by atoms with E-state index in [-0.39, 0.29) is 10.8 Å². The van der Waals surface area contributed by atoms with Crippen LogP contribution in [0.15, 0.2) is 70.6 Å². The van der Waals surface area contributed by atoms with Crippen LogP contribution < -0.4 is 5.73 Å². The molecule has 0 unspecified atom stereocenters. The van der Waals surface area contributed by atoms with Gasteiger partial charge in [-0.15, -0.1) is 0 Å². The summed E-state index contributed by atoms with van der Waals surface area (Å²) in [7, 11) is -3.56. The van der Waals surface area contributed by atoms with Crippen LogP contribution in [0.2, 0.25) is 0 Å². The molecule has 2 aromatic carbocycles. The topological polar surface area (TPSA) is 96.6 Å². The van der Waals surface area contributed by atoms with E-state index in [4.69, 9.17) is 5.73 Å². The smallest absolute Gasteiger partial charge is 0.255 e. The number of sulfone groups is 1. The first-order valence-corrected chi connectivity index (χ1v) is 15.4. The van der Waals surface area contributed by atoms with Gasteiger partial charge < -0.3 is 15.5 Å². The Morgan fingerprint density at radius 2 is 1.64 bits per heavy atom. The number of likely N-dealkylation sites (tertiary alicyclic amines) is 2. The number of nitrogens with two attached hydrogens (primary N) is 1. The Morgan fingerprint density at radius 1 is 0.923 bits per heavy atom. The summed E-state index contributed by atoms with van der Waals surface area (Å²) in [5.41, 5.74) is 10.2. The van der Waals surface area contributed by atoms with E-state index >= 15 is 0 Å². The number of nitrogen functional groups attached to an aromatic ring is 1. The van der Waals surface area contributed by atoms with Gasteiger partial charge in [0.05, 0.1) is 15.4 Å². The lowest BCUT2D eigenvalue weighted by Crippen LogP contribution is -2.49. The summed E-state index contributed by atoms with van der Waals surface area (Å²) in [5, 5.41) is 0. The number of anilines is 1. The zero-order valence-electron chi connectivity index (χ0n) is 22.8. The number of piperidine rings is 2. The molecule has 5 rings (SSSR count). The van der Waals surface area contributed by atoms with Gasteiger partial charge in [-0.25, -0.2) is 8.42 Å². The van der Waals surface area contributed by atoms with Gasteiger partial charge in [0.1, 0.15) is 0 Å². The lowest BCUT2D eigenvalue weighted by atomic mass is 9.90. The Hall–Kier alpha value is -3.23. The number of para-hydroxylation sites is 1. The number of benzene rings is 2. The number of rotatable bonds is 6. The van der Waals surface area contributed by atoms with E-state index in [1.807, 2.05) is 49.1 Å². The summed E-state index contributed by atoms with van der Waals surface area (Å²) in [6, 6.07) is 16.7. The maximum Gasteiger partial charge on any atom is 0.255 e. The second kappa shape index (κ2) is 11.5. The second-order valence-electron chi connectivity index (χ2n) is 11.0. The highest BCUT2D eigenvalue weighted by molar-refractivity contribution is 7.91. The van der Waals surface area contributed by atoms with Crippen LogP contribution in [0.4, 0.5) is 5.69 Å². The number of hydrogen-bond acceptors (Lipinski definition) is 6. The van der Waals surface area contributed by atoms with Gasteiger partial charge >= 0.3 is 0 Å². The van der Waals surface area contributed by atoms with Gasteiger partial charge in [0.25, 0.3) is 5.91 Å². The second-order valence-corrected chi connectivity index (χ2v) is 13.0. The molecule has 206 valence electrons. The molecule has 1 amide bonds. The summed E-state index contributed by atoms with van der Waals surface area (Å²) >= 11 is 0. The van der Waals surface area contributed by atoms with Crippen LogP contribution in [0.3, 0.4) is 0 Å². The largest absolute Gasteiger partial charge is 0.398 e. The third kappa shape index (κ3) is 6.02. The predicted octanol–water partition coefficient (Wildman–Crippen LogP) is 4.67. The van der Waals surface area contributed by atoms with Gasteiger partial charge in [0.15, 0.2) is 0 Å². The molecule has 2 N–H and O–H groups in total. The van der Waals surface area contributed by atoms with Crippen LogP contribution >= 0.6 is 0 Å². The van der Waals surface area contributed by atoms with E-state index in [0.717, 1.165) is 75.1 Å². The van der Waals surface area contributed by atoms with E-state index in [9.17, 15) is 13.2 Å². The van der Waals surface area contributed by atoms with E-state index in [2.05, 4.69) is 9.88 Å². The summed E-state index contributed by atoms with van der Waals surface area (Å²) in [5.74, 6) is 0.581. The molecular formula is C31H38N4O3S. The van der Waals surface area contributed by atoms with Crippen LogP contribution in [-0.4, -0.2) is 61.3 Å². The molecule has 0 bridgehead atoms. The Balaban J connectivity index is 1.10. The lowest BCUT2D eigenvalue weighted by molar-refractivity contribution is 0.0552. The van der Waals surface area contributed by atoms with E-state index in [0.29, 0.717) is 28.1 Å². The first kappa shape index (κ1) is 27.3. The zero-order chi connectivity index (χ0) is 27.6. The van der Waals surface area contributed by atoms with Crippen molar-refractivity contribution in [3.8, 4) is 0 Å². The summed E-state index contributed by atoms with van der Waals surface area (Å²) in [4.78, 5) is 22.6. The Bertz CT molecular complexity index is 1420. The average Bonchev–Trinajstić information content (AvgIpc) is 2.95. The molecule has 0 atom stereocenters. The quantitative estimate of drug-likeness (QED) is 0.451. The number of pyridine rings is 1. The highest BCUT2D eigenvalue weighted by Gasteiger charge is 2.30. The molecular weight excluding hydrogens is 508 g/mol. The van der Waals surface area contributed by atoms with Crippen molar-refractivity contribution in [3.05, 3.63) is 83.2 Å². The average molecular weight is 547 g/mol. The van der Waals surface area contributed by atoms with Crippen molar-refractivity contribution < 1.29 is 13.2 Å². The highest BCUT2D eigenvalue weighted by Crippen LogP contribution is 2.28. The molecule has 0 aliphatic carbocycles. The lowest BCUT2D eigenvalue weighted by Gasteiger charge is -2.42. The van der Waals surface area contributed by atoms with Gasteiger partial charge in [-0.05, 0) is 106 Å². The van der Waals surface area contributed by atoms with E-state index in [1.54, 1.807) is 24.3 Å². The normalized spacial score (nSPS) is 17.8. The van der Waals surface area contributed by atoms with Crippen molar-refractivity contribution in [1.82, 2.24) is 14.8 Å². The number of nitrogens with zero attached hydrogens (tertiary/aromatic N) is 3. The molecule has 3 heterocycles.